The maximum absolute atomic E-state index is 6.22. The van der Waals surface area contributed by atoms with Crippen molar-refractivity contribution < 1.29 is 4.74 Å². The number of anilines is 2. The molecule has 5 nitrogen and oxygen atoms in total. The van der Waals surface area contributed by atoms with E-state index in [-0.39, 0.29) is 0 Å². The Kier molecular flexibility index (Phi) is 6.55. The molecule has 2 N–H and O–H groups in total. The summed E-state index contributed by atoms with van der Waals surface area (Å²) < 4.78 is 7.33. The Morgan fingerprint density at radius 2 is 1.85 bits per heavy atom. The van der Waals surface area contributed by atoms with Crippen LogP contribution in [0.2, 0.25) is 10.0 Å². The minimum atomic E-state index is 0.442. The van der Waals surface area contributed by atoms with Gasteiger partial charge in [0, 0.05) is 21.8 Å². The van der Waals surface area contributed by atoms with Crippen LogP contribution >= 0.6 is 35.4 Å². The third-order valence-electron chi connectivity index (χ3n) is 3.71. The van der Waals surface area contributed by atoms with Crippen LogP contribution in [0.15, 0.2) is 54.9 Å². The quantitative estimate of drug-likeness (QED) is 0.519. The lowest BCUT2D eigenvalue weighted by atomic mass is 10.2. The third-order valence-corrected chi connectivity index (χ3v) is 4.62. The van der Waals surface area contributed by atoms with Gasteiger partial charge in [-0.15, -0.1) is 0 Å². The zero-order chi connectivity index (χ0) is 19.2. The molecule has 0 unspecified atom stereocenters. The normalized spacial score (nSPS) is 10.5. The first kappa shape index (κ1) is 19.5. The van der Waals surface area contributed by atoms with Crippen LogP contribution < -0.4 is 15.4 Å². The smallest absolute Gasteiger partial charge is 0.175 e. The predicted molar refractivity (Wildman–Crippen MR) is 115 cm³/mol. The highest BCUT2D eigenvalue weighted by Crippen LogP contribution is 2.26. The number of hydrogen-bond donors (Lipinski definition) is 2. The van der Waals surface area contributed by atoms with Gasteiger partial charge in [-0.3, -0.25) is 4.68 Å². The molecule has 140 valence electrons. The Hall–Kier alpha value is -2.28. The number of thiocarbonyl (C=S) groups is 1. The Balaban J connectivity index is 1.65. The Morgan fingerprint density at radius 1 is 1.11 bits per heavy atom. The second-order valence-corrected chi connectivity index (χ2v) is 6.86. The summed E-state index contributed by atoms with van der Waals surface area (Å²) in [5, 5.41) is 12.2. The number of rotatable bonds is 6. The molecule has 0 aliphatic carbocycles. The summed E-state index contributed by atoms with van der Waals surface area (Å²) >= 11 is 17.8. The second kappa shape index (κ2) is 9.08. The minimum absolute atomic E-state index is 0.442. The van der Waals surface area contributed by atoms with Crippen molar-refractivity contribution in [3.63, 3.8) is 0 Å². The highest BCUT2D eigenvalue weighted by atomic mass is 35.5. The molecule has 0 atom stereocenters. The molecule has 0 saturated heterocycles. The number of halogens is 2. The molecule has 0 amide bonds. The van der Waals surface area contributed by atoms with E-state index in [1.54, 1.807) is 23.0 Å². The molecule has 3 rings (SSSR count). The van der Waals surface area contributed by atoms with Crippen molar-refractivity contribution in [1.82, 2.24) is 9.78 Å². The lowest BCUT2D eigenvalue weighted by Gasteiger charge is -2.13. The van der Waals surface area contributed by atoms with Crippen LogP contribution in [0.25, 0.3) is 0 Å². The molecule has 8 heteroatoms. The van der Waals surface area contributed by atoms with Crippen LogP contribution in [0.4, 0.5) is 11.4 Å². The molecule has 1 heterocycles. The molecule has 2 aromatic carbocycles. The van der Waals surface area contributed by atoms with Gasteiger partial charge in [-0.05, 0) is 43.4 Å². The van der Waals surface area contributed by atoms with Crippen LogP contribution in [-0.2, 0) is 6.54 Å². The van der Waals surface area contributed by atoms with E-state index in [9.17, 15) is 0 Å². The molecule has 0 aliphatic heterocycles. The van der Waals surface area contributed by atoms with Gasteiger partial charge < -0.3 is 15.4 Å². The summed E-state index contributed by atoms with van der Waals surface area (Å²) in [5.41, 5.74) is 2.37. The van der Waals surface area contributed by atoms with Gasteiger partial charge in [0.2, 0.25) is 0 Å². The van der Waals surface area contributed by atoms with E-state index >= 15 is 0 Å². The molecular formula is C19H18Cl2N4OS. The fraction of sp³-hybridized carbons (Fsp3) is 0.158. The first-order valence-corrected chi connectivity index (χ1v) is 9.48. The number of benzene rings is 2. The van der Waals surface area contributed by atoms with E-state index in [2.05, 4.69) is 15.7 Å². The van der Waals surface area contributed by atoms with E-state index in [4.69, 9.17) is 40.2 Å². The van der Waals surface area contributed by atoms with Crippen LogP contribution in [-0.4, -0.2) is 21.5 Å². The number of nitrogens with one attached hydrogen (secondary N) is 2. The average molecular weight is 421 g/mol. The highest BCUT2D eigenvalue weighted by molar-refractivity contribution is 7.80. The summed E-state index contributed by atoms with van der Waals surface area (Å²) in [6, 6.07) is 13.0. The van der Waals surface area contributed by atoms with E-state index in [0.29, 0.717) is 28.3 Å². The summed E-state index contributed by atoms with van der Waals surface area (Å²) in [7, 11) is 0. The number of para-hydroxylation sites is 2. The Morgan fingerprint density at radius 3 is 2.59 bits per heavy atom. The van der Waals surface area contributed by atoms with E-state index in [0.717, 1.165) is 22.7 Å². The number of hydrogen-bond acceptors (Lipinski definition) is 3. The molecule has 0 saturated carbocycles. The lowest BCUT2D eigenvalue weighted by Crippen LogP contribution is -2.19. The average Bonchev–Trinajstić information content (AvgIpc) is 3.07. The minimum Gasteiger partial charge on any atom is -0.492 e. The summed E-state index contributed by atoms with van der Waals surface area (Å²) in [4.78, 5) is 0. The molecule has 0 aliphatic rings. The number of nitrogens with zero attached hydrogens (tertiary/aromatic N) is 2. The third kappa shape index (κ3) is 5.13. The summed E-state index contributed by atoms with van der Waals surface area (Å²) in [6.45, 7) is 2.98. The fourth-order valence-electron chi connectivity index (χ4n) is 2.50. The van der Waals surface area contributed by atoms with E-state index < -0.39 is 0 Å². The second-order valence-electron chi connectivity index (χ2n) is 5.64. The van der Waals surface area contributed by atoms with Crippen LogP contribution in [0, 0.1) is 0 Å². The van der Waals surface area contributed by atoms with Crippen molar-refractivity contribution in [2.45, 2.75) is 13.5 Å². The first-order chi connectivity index (χ1) is 13.1. The molecular weight excluding hydrogens is 403 g/mol. The van der Waals surface area contributed by atoms with E-state index in [1.807, 2.05) is 43.5 Å². The zero-order valence-corrected chi connectivity index (χ0v) is 16.9. The van der Waals surface area contributed by atoms with Gasteiger partial charge in [0.1, 0.15) is 5.75 Å². The largest absolute Gasteiger partial charge is 0.492 e. The Labute approximate surface area is 173 Å². The molecule has 27 heavy (non-hydrogen) atoms. The first-order valence-electron chi connectivity index (χ1n) is 8.32. The van der Waals surface area contributed by atoms with Crippen molar-refractivity contribution in [2.24, 2.45) is 0 Å². The van der Waals surface area contributed by atoms with Crippen LogP contribution in [0.3, 0.4) is 0 Å². The molecule has 0 bridgehead atoms. The highest BCUT2D eigenvalue weighted by Gasteiger charge is 2.09. The van der Waals surface area contributed by atoms with Gasteiger partial charge in [0.05, 0.1) is 30.7 Å². The standard InChI is InChI=1S/C19H18Cl2N4OS/c1-2-26-18-9-4-3-8-17(18)24-19(27)23-13-10-22-25(11-13)12-14-15(20)6-5-7-16(14)21/h3-11H,2,12H2,1H3,(H2,23,24,27). The predicted octanol–water partition coefficient (Wildman–Crippen LogP) is 5.45. The summed E-state index contributed by atoms with van der Waals surface area (Å²) in [5.74, 6) is 0.744. The van der Waals surface area contributed by atoms with Crippen molar-refractivity contribution in [3.8, 4) is 5.75 Å². The van der Waals surface area contributed by atoms with Crippen LogP contribution in [0.5, 0.6) is 5.75 Å². The van der Waals surface area contributed by atoms with Crippen molar-refractivity contribution in [2.75, 3.05) is 17.2 Å². The molecule has 0 radical (unpaired) electrons. The van der Waals surface area contributed by atoms with Gasteiger partial charge >= 0.3 is 0 Å². The number of aromatic nitrogens is 2. The van der Waals surface area contributed by atoms with Gasteiger partial charge in [-0.1, -0.05) is 41.4 Å². The molecule has 3 aromatic rings. The van der Waals surface area contributed by atoms with Gasteiger partial charge in [0.25, 0.3) is 0 Å². The van der Waals surface area contributed by atoms with Gasteiger partial charge in [0.15, 0.2) is 5.11 Å². The SMILES string of the molecule is CCOc1ccccc1NC(=S)Nc1cnn(Cc2c(Cl)cccc2Cl)c1. The summed E-state index contributed by atoms with van der Waals surface area (Å²) in [6.07, 6.45) is 3.52. The zero-order valence-electron chi connectivity index (χ0n) is 14.6. The van der Waals surface area contributed by atoms with Crippen molar-refractivity contribution in [3.05, 3.63) is 70.5 Å². The monoisotopic (exact) mass is 420 g/mol. The number of ether oxygens (including phenoxy) is 1. The molecule has 0 fully saturated rings. The topological polar surface area (TPSA) is 51.1 Å². The van der Waals surface area contributed by atoms with Crippen LogP contribution in [0.1, 0.15) is 12.5 Å². The van der Waals surface area contributed by atoms with Crippen molar-refractivity contribution >= 4 is 51.9 Å². The van der Waals surface area contributed by atoms with Gasteiger partial charge in [-0.2, -0.15) is 5.10 Å². The lowest BCUT2D eigenvalue weighted by molar-refractivity contribution is 0.342. The van der Waals surface area contributed by atoms with Gasteiger partial charge in [-0.25, -0.2) is 0 Å². The maximum atomic E-state index is 6.22. The fourth-order valence-corrected chi connectivity index (χ4v) is 3.24. The molecule has 0 spiro atoms. The van der Waals surface area contributed by atoms with Crippen molar-refractivity contribution in [1.29, 1.82) is 0 Å². The van der Waals surface area contributed by atoms with E-state index in [1.165, 1.54) is 0 Å². The molecule has 1 aromatic heterocycles. The Bertz CT molecular complexity index is 925. The maximum Gasteiger partial charge on any atom is 0.175 e.